The number of carbonyl (C=O) groups excluding carboxylic acids is 1. The number of pyridine rings is 1. The van der Waals surface area contributed by atoms with Gasteiger partial charge in [-0.25, -0.2) is 0 Å². The lowest BCUT2D eigenvalue weighted by atomic mass is 9.79. The fraction of sp³-hybridized carbons (Fsp3) is 0.571. The summed E-state index contributed by atoms with van der Waals surface area (Å²) in [6.45, 7) is 7.62. The number of nitrogens with two attached hydrogens (primary N) is 1. The van der Waals surface area contributed by atoms with Gasteiger partial charge in [0.05, 0.1) is 5.56 Å². The molecule has 2 rings (SSSR count). The molecule has 1 aromatic rings. The smallest absolute Gasteiger partial charge is 0.255 e. The number of aromatic nitrogens is 1. The molecule has 0 saturated carbocycles. The zero-order valence-corrected chi connectivity index (χ0v) is 13.8. The van der Waals surface area contributed by atoms with E-state index in [2.05, 4.69) is 18.8 Å². The number of likely N-dealkylation sites (tertiary alicyclic amines) is 1. The Balaban J connectivity index is 0.00000180. The summed E-state index contributed by atoms with van der Waals surface area (Å²) in [5.74, 6) is 0.0700. The Labute approximate surface area is 132 Å². The molecule has 0 bridgehead atoms. The van der Waals surface area contributed by atoms with Crippen molar-refractivity contribution in [3.63, 3.8) is 0 Å². The highest BCUT2D eigenvalue weighted by atomic mass is 35.5. The lowest BCUT2D eigenvalue weighted by Crippen LogP contribution is -2.54. The van der Waals surface area contributed by atoms with Gasteiger partial charge in [0, 0.05) is 31.5 Å². The van der Waals surface area contributed by atoms with Gasteiger partial charge in [-0.05, 0) is 30.4 Å². The minimum absolute atomic E-state index is 0. The molecule has 1 amide bonds. The van der Waals surface area contributed by atoms with Gasteiger partial charge in [-0.2, -0.15) is 0 Å². The van der Waals surface area contributed by atoms with Crippen LogP contribution in [0, 0.1) is 12.3 Å². The molecule has 4 nitrogen and oxygen atoms in total. The Morgan fingerprint density at radius 1 is 1.45 bits per heavy atom. The van der Waals surface area contributed by atoms with Crippen LogP contribution in [0.4, 0.5) is 0 Å². The maximum absolute atomic E-state index is 12.5. The lowest BCUT2D eigenvalue weighted by Gasteiger charge is -2.42. The normalized spacial score (nSPS) is 20.6. The molecule has 1 aromatic heterocycles. The van der Waals surface area contributed by atoms with Gasteiger partial charge >= 0.3 is 0 Å². The highest BCUT2D eigenvalue weighted by molar-refractivity contribution is 5.95. The number of carbonyl (C=O) groups is 1. The molecule has 114 valence electrons. The number of rotatable bonds is 1. The molecule has 0 aromatic carbocycles. The average molecular weight is 320 g/mol. The van der Waals surface area contributed by atoms with E-state index < -0.39 is 0 Å². The quantitative estimate of drug-likeness (QED) is 0.864. The number of amides is 1. The molecule has 1 unspecified atom stereocenters. The van der Waals surface area contributed by atoms with Gasteiger partial charge in [0.1, 0.15) is 0 Å². The minimum Gasteiger partial charge on any atom is -0.338 e. The SMILES string of the molecule is Cc1ccncc1C(=O)N1CCC(N)C(C)(C)C1.Cl.Cl. The summed E-state index contributed by atoms with van der Waals surface area (Å²) in [6.07, 6.45) is 4.22. The average Bonchev–Trinajstić information content (AvgIpc) is 2.32. The molecular weight excluding hydrogens is 297 g/mol. The molecule has 2 heterocycles. The van der Waals surface area contributed by atoms with Crippen molar-refractivity contribution in [1.29, 1.82) is 0 Å². The maximum Gasteiger partial charge on any atom is 0.255 e. The lowest BCUT2D eigenvalue weighted by molar-refractivity contribution is 0.0532. The summed E-state index contributed by atoms with van der Waals surface area (Å²) < 4.78 is 0. The van der Waals surface area contributed by atoms with E-state index in [9.17, 15) is 4.79 Å². The number of hydrogen-bond acceptors (Lipinski definition) is 3. The predicted molar refractivity (Wildman–Crippen MR) is 85.7 cm³/mol. The molecule has 0 aliphatic carbocycles. The van der Waals surface area contributed by atoms with Crippen LogP contribution in [0.3, 0.4) is 0 Å². The first-order valence-electron chi connectivity index (χ1n) is 6.37. The molecular formula is C14H23Cl2N3O. The summed E-state index contributed by atoms with van der Waals surface area (Å²) >= 11 is 0. The van der Waals surface area contributed by atoms with Crippen molar-refractivity contribution >= 4 is 30.7 Å². The molecule has 6 heteroatoms. The molecule has 1 aliphatic rings. The van der Waals surface area contributed by atoms with Gasteiger partial charge < -0.3 is 10.6 Å². The number of nitrogens with zero attached hydrogens (tertiary/aromatic N) is 2. The third kappa shape index (κ3) is 3.84. The number of halogens is 2. The van der Waals surface area contributed by atoms with E-state index in [1.165, 1.54) is 0 Å². The molecule has 1 atom stereocenters. The van der Waals surface area contributed by atoms with Crippen LogP contribution >= 0.6 is 24.8 Å². The Morgan fingerprint density at radius 2 is 2.10 bits per heavy atom. The highest BCUT2D eigenvalue weighted by Gasteiger charge is 2.35. The van der Waals surface area contributed by atoms with E-state index in [0.717, 1.165) is 18.5 Å². The topological polar surface area (TPSA) is 59.2 Å². The standard InChI is InChI=1S/C14H21N3O.2ClH/c1-10-4-6-16-8-11(10)13(18)17-7-5-12(15)14(2,3)9-17;;/h4,6,8,12H,5,7,9,15H2,1-3H3;2*1H. The minimum atomic E-state index is -0.0238. The summed E-state index contributed by atoms with van der Waals surface area (Å²) in [7, 11) is 0. The van der Waals surface area contributed by atoms with E-state index >= 15 is 0 Å². The zero-order valence-electron chi connectivity index (χ0n) is 12.1. The second kappa shape index (κ2) is 7.25. The Hall–Kier alpha value is -0.840. The summed E-state index contributed by atoms with van der Waals surface area (Å²) in [4.78, 5) is 18.4. The molecule has 0 spiro atoms. The van der Waals surface area contributed by atoms with Crippen LogP contribution < -0.4 is 5.73 Å². The van der Waals surface area contributed by atoms with Crippen LogP contribution in [0.25, 0.3) is 0 Å². The van der Waals surface area contributed by atoms with Gasteiger partial charge in [0.15, 0.2) is 0 Å². The summed E-state index contributed by atoms with van der Waals surface area (Å²) in [6, 6.07) is 2.03. The van der Waals surface area contributed by atoms with Crippen LogP contribution in [-0.2, 0) is 0 Å². The van der Waals surface area contributed by atoms with Gasteiger partial charge in [0.25, 0.3) is 5.91 Å². The third-order valence-corrected chi connectivity index (χ3v) is 3.87. The zero-order chi connectivity index (χ0) is 13.3. The highest BCUT2D eigenvalue weighted by Crippen LogP contribution is 2.28. The van der Waals surface area contributed by atoms with Crippen molar-refractivity contribution in [2.24, 2.45) is 11.1 Å². The maximum atomic E-state index is 12.5. The fourth-order valence-corrected chi connectivity index (χ4v) is 2.41. The second-order valence-electron chi connectivity index (χ2n) is 5.80. The first-order valence-corrected chi connectivity index (χ1v) is 6.37. The Kier molecular flexibility index (Phi) is 6.94. The van der Waals surface area contributed by atoms with Crippen molar-refractivity contribution in [2.75, 3.05) is 13.1 Å². The van der Waals surface area contributed by atoms with Crippen molar-refractivity contribution in [2.45, 2.75) is 33.2 Å². The second-order valence-corrected chi connectivity index (χ2v) is 5.80. The van der Waals surface area contributed by atoms with E-state index in [4.69, 9.17) is 5.73 Å². The fourth-order valence-electron chi connectivity index (χ4n) is 2.41. The van der Waals surface area contributed by atoms with Gasteiger partial charge in [-0.1, -0.05) is 13.8 Å². The van der Waals surface area contributed by atoms with Crippen molar-refractivity contribution in [3.8, 4) is 0 Å². The van der Waals surface area contributed by atoms with E-state index in [-0.39, 0.29) is 42.2 Å². The molecule has 1 fully saturated rings. The van der Waals surface area contributed by atoms with Crippen molar-refractivity contribution < 1.29 is 4.79 Å². The van der Waals surface area contributed by atoms with Crippen molar-refractivity contribution in [3.05, 3.63) is 29.6 Å². The van der Waals surface area contributed by atoms with E-state index in [1.54, 1.807) is 12.4 Å². The number of piperidine rings is 1. The Morgan fingerprint density at radius 3 is 2.65 bits per heavy atom. The molecule has 1 aliphatic heterocycles. The van der Waals surface area contributed by atoms with E-state index in [0.29, 0.717) is 12.1 Å². The number of hydrogen-bond donors (Lipinski definition) is 1. The van der Waals surface area contributed by atoms with Gasteiger partial charge in [-0.3, -0.25) is 9.78 Å². The largest absolute Gasteiger partial charge is 0.338 e. The van der Waals surface area contributed by atoms with Crippen molar-refractivity contribution in [1.82, 2.24) is 9.88 Å². The molecule has 0 radical (unpaired) electrons. The van der Waals surface area contributed by atoms with Gasteiger partial charge in [-0.15, -0.1) is 24.8 Å². The predicted octanol–water partition coefficient (Wildman–Crippen LogP) is 2.43. The van der Waals surface area contributed by atoms with Crippen LogP contribution in [0.15, 0.2) is 18.5 Å². The summed E-state index contributed by atoms with van der Waals surface area (Å²) in [5.41, 5.74) is 7.74. The third-order valence-electron chi connectivity index (χ3n) is 3.87. The molecule has 2 N–H and O–H groups in total. The van der Waals surface area contributed by atoms with E-state index in [1.807, 2.05) is 17.9 Å². The van der Waals surface area contributed by atoms with Gasteiger partial charge in [0.2, 0.25) is 0 Å². The first-order chi connectivity index (χ1) is 8.42. The Bertz CT molecular complexity index is 465. The van der Waals surface area contributed by atoms with Crippen LogP contribution in [0.5, 0.6) is 0 Å². The van der Waals surface area contributed by atoms with Crippen LogP contribution in [0.1, 0.15) is 36.2 Å². The first kappa shape index (κ1) is 19.2. The molecule has 20 heavy (non-hydrogen) atoms. The van der Waals surface area contributed by atoms with Crippen LogP contribution in [-0.4, -0.2) is 34.9 Å². The summed E-state index contributed by atoms with van der Waals surface area (Å²) in [5, 5.41) is 0. The monoisotopic (exact) mass is 319 g/mol. The number of aryl methyl sites for hydroxylation is 1. The molecule has 1 saturated heterocycles. The van der Waals surface area contributed by atoms with Crippen LogP contribution in [0.2, 0.25) is 0 Å².